The number of ether oxygens (including phenoxy) is 1. The van der Waals surface area contributed by atoms with E-state index in [9.17, 15) is 4.79 Å². The Bertz CT molecular complexity index is 606. The standard InChI is InChI=1S/C18H24N2O3S/c1-14(17-7-3-9-23-17)19-18(21)13-20(11-15-5-2-8-22-15)12-16-6-4-10-24-16/h3-4,6-7,9-10,14-15H,2,5,8,11-13H2,1H3,(H,19,21). The molecule has 3 rings (SSSR count). The van der Waals surface area contributed by atoms with Crippen molar-refractivity contribution in [2.24, 2.45) is 0 Å². The maximum Gasteiger partial charge on any atom is 0.234 e. The molecule has 24 heavy (non-hydrogen) atoms. The van der Waals surface area contributed by atoms with E-state index in [1.165, 1.54) is 4.88 Å². The normalized spacial score (nSPS) is 18.8. The molecule has 0 aliphatic carbocycles. The van der Waals surface area contributed by atoms with Crippen LogP contribution in [-0.4, -0.2) is 36.6 Å². The predicted octanol–water partition coefficient (Wildman–Crippen LogP) is 3.20. The molecule has 2 aromatic heterocycles. The van der Waals surface area contributed by atoms with E-state index in [1.807, 2.05) is 25.1 Å². The Labute approximate surface area is 146 Å². The molecule has 1 N–H and O–H groups in total. The topological polar surface area (TPSA) is 54.7 Å². The van der Waals surface area contributed by atoms with Gasteiger partial charge in [0.25, 0.3) is 0 Å². The number of amides is 1. The van der Waals surface area contributed by atoms with E-state index in [2.05, 4.69) is 21.7 Å². The van der Waals surface area contributed by atoms with Gasteiger partial charge in [-0.05, 0) is 43.3 Å². The molecule has 5 nitrogen and oxygen atoms in total. The molecule has 0 spiro atoms. The van der Waals surface area contributed by atoms with Gasteiger partial charge >= 0.3 is 0 Å². The molecule has 2 aromatic rings. The first kappa shape index (κ1) is 17.2. The van der Waals surface area contributed by atoms with Crippen molar-refractivity contribution in [2.45, 2.75) is 38.5 Å². The van der Waals surface area contributed by atoms with Crippen LogP contribution in [0.15, 0.2) is 40.3 Å². The van der Waals surface area contributed by atoms with Crippen LogP contribution in [0.5, 0.6) is 0 Å². The molecular formula is C18H24N2O3S. The van der Waals surface area contributed by atoms with Crippen LogP contribution < -0.4 is 5.32 Å². The van der Waals surface area contributed by atoms with E-state index >= 15 is 0 Å². The Morgan fingerprint density at radius 1 is 1.46 bits per heavy atom. The zero-order valence-corrected chi connectivity index (χ0v) is 14.8. The molecule has 1 fully saturated rings. The van der Waals surface area contributed by atoms with Crippen molar-refractivity contribution >= 4 is 17.2 Å². The van der Waals surface area contributed by atoms with Gasteiger partial charge in [0.05, 0.1) is 25.0 Å². The van der Waals surface area contributed by atoms with E-state index in [4.69, 9.17) is 9.15 Å². The molecule has 0 radical (unpaired) electrons. The van der Waals surface area contributed by atoms with E-state index in [-0.39, 0.29) is 18.1 Å². The van der Waals surface area contributed by atoms with Crippen molar-refractivity contribution < 1.29 is 13.9 Å². The minimum Gasteiger partial charge on any atom is -0.467 e. The molecule has 1 amide bonds. The second-order valence-corrected chi connectivity index (χ2v) is 7.22. The van der Waals surface area contributed by atoms with Crippen LogP contribution in [0.2, 0.25) is 0 Å². The van der Waals surface area contributed by atoms with Gasteiger partial charge in [0.1, 0.15) is 5.76 Å². The van der Waals surface area contributed by atoms with Gasteiger partial charge in [-0.25, -0.2) is 0 Å². The second kappa shape index (κ2) is 8.46. The van der Waals surface area contributed by atoms with E-state index in [0.29, 0.717) is 6.54 Å². The Kier molecular flexibility index (Phi) is 6.07. The molecule has 0 aromatic carbocycles. The van der Waals surface area contributed by atoms with Crippen molar-refractivity contribution in [3.63, 3.8) is 0 Å². The van der Waals surface area contributed by atoms with Gasteiger partial charge in [-0.3, -0.25) is 9.69 Å². The van der Waals surface area contributed by atoms with E-state index < -0.39 is 0 Å². The summed E-state index contributed by atoms with van der Waals surface area (Å²) in [5.74, 6) is 0.778. The summed E-state index contributed by atoms with van der Waals surface area (Å²) in [5.41, 5.74) is 0. The highest BCUT2D eigenvalue weighted by atomic mass is 32.1. The summed E-state index contributed by atoms with van der Waals surface area (Å²) in [7, 11) is 0. The summed E-state index contributed by atoms with van der Waals surface area (Å²) < 4.78 is 11.1. The van der Waals surface area contributed by atoms with Crippen LogP contribution in [0.25, 0.3) is 0 Å². The third-order valence-electron chi connectivity index (χ3n) is 4.16. The van der Waals surface area contributed by atoms with Gasteiger partial charge in [0, 0.05) is 24.6 Å². The first-order chi connectivity index (χ1) is 11.7. The average Bonchev–Trinajstić information content (AvgIpc) is 3.31. The monoisotopic (exact) mass is 348 g/mol. The van der Waals surface area contributed by atoms with Crippen LogP contribution in [0.1, 0.15) is 36.4 Å². The van der Waals surface area contributed by atoms with Crippen molar-refractivity contribution in [3.8, 4) is 0 Å². The third kappa shape index (κ3) is 4.93. The summed E-state index contributed by atoms with van der Waals surface area (Å²) in [6, 6.07) is 7.73. The molecule has 1 saturated heterocycles. The van der Waals surface area contributed by atoms with Gasteiger partial charge in [-0.2, -0.15) is 0 Å². The van der Waals surface area contributed by atoms with Crippen LogP contribution in [-0.2, 0) is 16.1 Å². The molecule has 6 heteroatoms. The molecule has 130 valence electrons. The average molecular weight is 348 g/mol. The second-order valence-electron chi connectivity index (χ2n) is 6.19. The number of thiophene rings is 1. The zero-order chi connectivity index (χ0) is 16.8. The molecule has 1 aliphatic rings. The molecule has 3 heterocycles. The van der Waals surface area contributed by atoms with Crippen LogP contribution in [0.4, 0.5) is 0 Å². The number of rotatable bonds is 8. The minimum absolute atomic E-state index is 0.00783. The lowest BCUT2D eigenvalue weighted by Gasteiger charge is -2.24. The van der Waals surface area contributed by atoms with Crippen molar-refractivity contribution in [1.82, 2.24) is 10.2 Å². The zero-order valence-electron chi connectivity index (χ0n) is 13.9. The lowest BCUT2D eigenvalue weighted by Crippen LogP contribution is -2.41. The van der Waals surface area contributed by atoms with Crippen LogP contribution in [0, 0.1) is 0 Å². The lowest BCUT2D eigenvalue weighted by atomic mass is 10.2. The maximum absolute atomic E-state index is 12.4. The highest BCUT2D eigenvalue weighted by Crippen LogP contribution is 2.17. The van der Waals surface area contributed by atoms with E-state index in [1.54, 1.807) is 17.6 Å². The summed E-state index contributed by atoms with van der Waals surface area (Å²) in [5, 5.41) is 5.07. The quantitative estimate of drug-likeness (QED) is 0.796. The molecule has 1 aliphatic heterocycles. The van der Waals surface area contributed by atoms with Crippen LogP contribution in [0.3, 0.4) is 0 Å². The van der Waals surface area contributed by atoms with Gasteiger partial charge in [-0.15, -0.1) is 11.3 Å². The predicted molar refractivity (Wildman–Crippen MR) is 93.8 cm³/mol. The Morgan fingerprint density at radius 2 is 2.38 bits per heavy atom. The maximum atomic E-state index is 12.4. The highest BCUT2D eigenvalue weighted by molar-refractivity contribution is 7.09. The number of carbonyl (C=O) groups is 1. The minimum atomic E-state index is -0.126. The molecule has 2 atom stereocenters. The molecule has 0 bridgehead atoms. The number of nitrogens with zero attached hydrogens (tertiary/aromatic N) is 1. The summed E-state index contributed by atoms with van der Waals surface area (Å²) in [6.07, 6.45) is 4.04. The highest BCUT2D eigenvalue weighted by Gasteiger charge is 2.22. The largest absolute Gasteiger partial charge is 0.467 e. The first-order valence-electron chi connectivity index (χ1n) is 8.40. The molecule has 0 saturated carbocycles. The van der Waals surface area contributed by atoms with Crippen molar-refractivity contribution in [3.05, 3.63) is 46.5 Å². The first-order valence-corrected chi connectivity index (χ1v) is 9.28. The van der Waals surface area contributed by atoms with Crippen molar-refractivity contribution in [2.75, 3.05) is 19.7 Å². The number of nitrogens with one attached hydrogen (secondary N) is 1. The van der Waals surface area contributed by atoms with Gasteiger partial charge in [0.15, 0.2) is 0 Å². The Balaban J connectivity index is 1.56. The van der Waals surface area contributed by atoms with Gasteiger partial charge in [0.2, 0.25) is 5.91 Å². The fourth-order valence-corrected chi connectivity index (χ4v) is 3.73. The fraction of sp³-hybridized carbons (Fsp3) is 0.500. The SMILES string of the molecule is CC(NC(=O)CN(Cc1cccs1)CC1CCCO1)c1ccco1. The van der Waals surface area contributed by atoms with Crippen molar-refractivity contribution in [1.29, 1.82) is 0 Å². The lowest BCUT2D eigenvalue weighted by molar-refractivity contribution is -0.123. The van der Waals surface area contributed by atoms with Gasteiger partial charge in [-0.1, -0.05) is 6.07 Å². The number of hydrogen-bond acceptors (Lipinski definition) is 5. The Hall–Kier alpha value is -1.63. The number of furan rings is 1. The summed E-state index contributed by atoms with van der Waals surface area (Å²) in [4.78, 5) is 15.9. The smallest absolute Gasteiger partial charge is 0.234 e. The number of hydrogen-bond donors (Lipinski definition) is 1. The van der Waals surface area contributed by atoms with Gasteiger partial charge < -0.3 is 14.5 Å². The summed E-state index contributed by atoms with van der Waals surface area (Å²) in [6.45, 7) is 4.70. The van der Waals surface area contributed by atoms with Crippen LogP contribution >= 0.6 is 11.3 Å². The Morgan fingerprint density at radius 3 is 3.04 bits per heavy atom. The summed E-state index contributed by atoms with van der Waals surface area (Å²) >= 11 is 1.72. The number of carbonyl (C=O) groups excluding carboxylic acids is 1. The third-order valence-corrected chi connectivity index (χ3v) is 5.02. The fourth-order valence-electron chi connectivity index (χ4n) is 2.98. The molecular weight excluding hydrogens is 324 g/mol. The van der Waals surface area contributed by atoms with E-state index in [0.717, 1.165) is 38.3 Å². The molecule has 2 unspecified atom stereocenters.